The van der Waals surface area contributed by atoms with Crippen LogP contribution in [-0.4, -0.2) is 37.5 Å². The molecule has 1 rings (SSSR count). The summed E-state index contributed by atoms with van der Waals surface area (Å²) in [7, 11) is 0. The van der Waals surface area contributed by atoms with Gasteiger partial charge in [-0.3, -0.25) is 0 Å². The molecule has 0 radical (unpaired) electrons. The molecule has 0 amide bonds. The van der Waals surface area contributed by atoms with Gasteiger partial charge in [-0.05, 0) is 25.8 Å². The van der Waals surface area contributed by atoms with Crippen molar-refractivity contribution in [1.82, 2.24) is 5.32 Å². The van der Waals surface area contributed by atoms with Crippen molar-refractivity contribution < 1.29 is 9.84 Å². The van der Waals surface area contributed by atoms with Crippen LogP contribution in [-0.2, 0) is 4.74 Å². The fraction of sp³-hybridized carbons (Fsp3) is 1.00. The Hall–Kier alpha value is -0.120. The molecule has 0 bridgehead atoms. The van der Waals surface area contributed by atoms with E-state index in [0.29, 0.717) is 19.8 Å². The molecule has 0 aromatic rings. The first-order valence-electron chi connectivity index (χ1n) is 6.29. The van der Waals surface area contributed by atoms with Crippen molar-refractivity contribution in [3.63, 3.8) is 0 Å². The maximum absolute atomic E-state index is 9.48. The molecule has 1 atom stereocenters. The van der Waals surface area contributed by atoms with Gasteiger partial charge in [0.1, 0.15) is 0 Å². The van der Waals surface area contributed by atoms with Crippen molar-refractivity contribution >= 4 is 0 Å². The van der Waals surface area contributed by atoms with Crippen LogP contribution in [0.1, 0.15) is 39.0 Å². The van der Waals surface area contributed by atoms with Crippen molar-refractivity contribution in [2.45, 2.75) is 45.1 Å². The predicted octanol–water partition coefficient (Wildman–Crippen LogP) is 1.55. The molecule has 0 spiro atoms. The summed E-state index contributed by atoms with van der Waals surface area (Å²) in [5.41, 5.74) is 0. The third kappa shape index (κ3) is 6.13. The average molecular weight is 215 g/mol. The van der Waals surface area contributed by atoms with Crippen molar-refractivity contribution in [3.8, 4) is 0 Å². The molecule has 0 aliphatic heterocycles. The Morgan fingerprint density at radius 1 is 1.40 bits per heavy atom. The molecule has 1 aliphatic carbocycles. The van der Waals surface area contributed by atoms with E-state index in [9.17, 15) is 5.11 Å². The minimum absolute atomic E-state index is 0.353. The molecule has 0 heterocycles. The number of nitrogens with one attached hydrogen (secondary N) is 1. The zero-order valence-electron chi connectivity index (χ0n) is 9.87. The van der Waals surface area contributed by atoms with E-state index in [-0.39, 0.29) is 6.10 Å². The molecule has 1 unspecified atom stereocenters. The molecule has 0 aromatic carbocycles. The number of ether oxygens (including phenoxy) is 1. The quantitative estimate of drug-likeness (QED) is 0.604. The molecule has 1 saturated carbocycles. The van der Waals surface area contributed by atoms with E-state index in [0.717, 1.165) is 12.5 Å². The lowest BCUT2D eigenvalue weighted by atomic mass is 10.0. The third-order valence-electron chi connectivity index (χ3n) is 3.10. The SMILES string of the molecule is CCOCC(O)CNCCC1CCCC1. The van der Waals surface area contributed by atoms with Gasteiger partial charge in [-0.25, -0.2) is 0 Å². The summed E-state index contributed by atoms with van der Waals surface area (Å²) < 4.78 is 5.14. The number of aliphatic hydroxyl groups excluding tert-OH is 1. The zero-order chi connectivity index (χ0) is 10.9. The summed E-state index contributed by atoms with van der Waals surface area (Å²) in [6.07, 6.45) is 6.55. The lowest BCUT2D eigenvalue weighted by Gasteiger charge is -2.13. The Morgan fingerprint density at radius 3 is 2.80 bits per heavy atom. The minimum Gasteiger partial charge on any atom is -0.389 e. The average Bonchev–Trinajstić information content (AvgIpc) is 2.74. The van der Waals surface area contributed by atoms with Gasteiger partial charge in [0.25, 0.3) is 0 Å². The van der Waals surface area contributed by atoms with Crippen LogP contribution in [0, 0.1) is 5.92 Å². The van der Waals surface area contributed by atoms with Crippen LogP contribution in [0.25, 0.3) is 0 Å². The van der Waals surface area contributed by atoms with Crippen LogP contribution in [0.5, 0.6) is 0 Å². The van der Waals surface area contributed by atoms with Crippen LogP contribution in [0.2, 0.25) is 0 Å². The molecule has 90 valence electrons. The largest absolute Gasteiger partial charge is 0.389 e. The number of hydrogen-bond donors (Lipinski definition) is 2. The molecule has 15 heavy (non-hydrogen) atoms. The fourth-order valence-electron chi connectivity index (χ4n) is 2.19. The van der Waals surface area contributed by atoms with Crippen LogP contribution in [0.4, 0.5) is 0 Å². The molecular weight excluding hydrogens is 190 g/mol. The summed E-state index contributed by atoms with van der Waals surface area (Å²) in [6, 6.07) is 0. The van der Waals surface area contributed by atoms with Crippen molar-refractivity contribution in [3.05, 3.63) is 0 Å². The van der Waals surface area contributed by atoms with Gasteiger partial charge in [0, 0.05) is 13.2 Å². The summed E-state index contributed by atoms with van der Waals surface area (Å²) in [5, 5.41) is 12.8. The summed E-state index contributed by atoms with van der Waals surface area (Å²) >= 11 is 0. The zero-order valence-corrected chi connectivity index (χ0v) is 9.87. The van der Waals surface area contributed by atoms with Crippen molar-refractivity contribution in [2.24, 2.45) is 5.92 Å². The highest BCUT2D eigenvalue weighted by Gasteiger charge is 2.14. The van der Waals surface area contributed by atoms with Crippen LogP contribution < -0.4 is 5.32 Å². The van der Waals surface area contributed by atoms with Gasteiger partial charge in [0.15, 0.2) is 0 Å². The van der Waals surface area contributed by atoms with Gasteiger partial charge in [-0.1, -0.05) is 25.7 Å². The second kappa shape index (κ2) is 8.08. The first-order chi connectivity index (χ1) is 7.33. The lowest BCUT2D eigenvalue weighted by Crippen LogP contribution is -2.31. The number of rotatable bonds is 8. The lowest BCUT2D eigenvalue weighted by molar-refractivity contribution is 0.0428. The molecule has 0 saturated heterocycles. The Bertz CT molecular complexity index is 147. The highest BCUT2D eigenvalue weighted by atomic mass is 16.5. The van der Waals surface area contributed by atoms with Crippen molar-refractivity contribution in [2.75, 3.05) is 26.3 Å². The molecule has 0 aromatic heterocycles. The third-order valence-corrected chi connectivity index (χ3v) is 3.10. The summed E-state index contributed by atoms with van der Waals surface area (Å²) in [4.78, 5) is 0. The smallest absolute Gasteiger partial charge is 0.0897 e. The van der Waals surface area contributed by atoms with Gasteiger partial charge in [0.2, 0.25) is 0 Å². The van der Waals surface area contributed by atoms with E-state index >= 15 is 0 Å². The summed E-state index contributed by atoms with van der Waals surface area (Å²) in [6.45, 7) is 4.77. The van der Waals surface area contributed by atoms with E-state index in [1.807, 2.05) is 6.92 Å². The maximum atomic E-state index is 9.48. The van der Waals surface area contributed by atoms with Crippen LogP contribution in [0.3, 0.4) is 0 Å². The monoisotopic (exact) mass is 215 g/mol. The number of aliphatic hydroxyl groups is 1. The van der Waals surface area contributed by atoms with Gasteiger partial charge < -0.3 is 15.2 Å². The minimum atomic E-state index is -0.353. The summed E-state index contributed by atoms with van der Waals surface area (Å²) in [5.74, 6) is 0.932. The first-order valence-corrected chi connectivity index (χ1v) is 6.29. The Morgan fingerprint density at radius 2 is 2.13 bits per heavy atom. The van der Waals surface area contributed by atoms with E-state index in [2.05, 4.69) is 5.32 Å². The molecule has 1 fully saturated rings. The Labute approximate surface area is 93.2 Å². The van der Waals surface area contributed by atoms with Gasteiger partial charge >= 0.3 is 0 Å². The normalized spacial score (nSPS) is 19.6. The highest BCUT2D eigenvalue weighted by molar-refractivity contribution is 4.68. The first kappa shape index (κ1) is 12.9. The predicted molar refractivity (Wildman–Crippen MR) is 61.9 cm³/mol. The topological polar surface area (TPSA) is 41.5 Å². The Balaban J connectivity index is 1.87. The van der Waals surface area contributed by atoms with E-state index in [4.69, 9.17) is 4.74 Å². The highest BCUT2D eigenvalue weighted by Crippen LogP contribution is 2.26. The molecule has 3 heteroatoms. The second-order valence-electron chi connectivity index (χ2n) is 4.46. The molecular formula is C12H25NO2. The number of hydrogen-bond acceptors (Lipinski definition) is 3. The molecule has 1 aliphatic rings. The van der Waals surface area contributed by atoms with E-state index < -0.39 is 0 Å². The van der Waals surface area contributed by atoms with Gasteiger partial charge in [-0.2, -0.15) is 0 Å². The van der Waals surface area contributed by atoms with Crippen molar-refractivity contribution in [1.29, 1.82) is 0 Å². The van der Waals surface area contributed by atoms with Gasteiger partial charge in [0.05, 0.1) is 12.7 Å². The van der Waals surface area contributed by atoms with Gasteiger partial charge in [-0.15, -0.1) is 0 Å². The van der Waals surface area contributed by atoms with Crippen LogP contribution in [0.15, 0.2) is 0 Å². The fourth-order valence-corrected chi connectivity index (χ4v) is 2.19. The second-order valence-corrected chi connectivity index (χ2v) is 4.46. The standard InChI is InChI=1S/C12H25NO2/c1-2-15-10-12(14)9-13-8-7-11-5-3-4-6-11/h11-14H,2-10H2,1H3. The van der Waals surface area contributed by atoms with Crippen LogP contribution >= 0.6 is 0 Å². The van der Waals surface area contributed by atoms with E-state index in [1.54, 1.807) is 0 Å². The van der Waals surface area contributed by atoms with E-state index in [1.165, 1.54) is 32.1 Å². The molecule has 2 N–H and O–H groups in total. The maximum Gasteiger partial charge on any atom is 0.0897 e. The Kier molecular flexibility index (Phi) is 6.98. The molecule has 3 nitrogen and oxygen atoms in total.